The summed E-state index contributed by atoms with van der Waals surface area (Å²) in [4.78, 5) is 2.45. The summed E-state index contributed by atoms with van der Waals surface area (Å²) in [5.74, 6) is 0.959. The van der Waals surface area contributed by atoms with E-state index in [1.54, 1.807) is 6.20 Å². The average molecular weight is 223 g/mol. The fourth-order valence-electron chi connectivity index (χ4n) is 2.24. The summed E-state index contributed by atoms with van der Waals surface area (Å²) >= 11 is 0. The van der Waals surface area contributed by atoms with Crippen molar-refractivity contribution in [3.63, 3.8) is 0 Å². The lowest BCUT2D eigenvalue weighted by Crippen LogP contribution is -2.48. The van der Waals surface area contributed by atoms with Gasteiger partial charge in [0.15, 0.2) is 5.76 Å². The number of nitrogens with zero attached hydrogens (tertiary/aromatic N) is 2. The minimum absolute atomic E-state index is 0.233. The van der Waals surface area contributed by atoms with Crippen molar-refractivity contribution in [2.24, 2.45) is 0 Å². The Balaban J connectivity index is 1.98. The summed E-state index contributed by atoms with van der Waals surface area (Å²) in [5, 5.41) is 7.38. The molecule has 0 bridgehead atoms. The monoisotopic (exact) mass is 223 g/mol. The Morgan fingerprint density at radius 3 is 3.19 bits per heavy atom. The number of rotatable bonds is 3. The molecule has 1 atom stereocenters. The smallest absolute Gasteiger partial charge is 0.150 e. The predicted octanol–water partition coefficient (Wildman–Crippen LogP) is 1.64. The highest BCUT2D eigenvalue weighted by Gasteiger charge is 2.27. The van der Waals surface area contributed by atoms with E-state index >= 15 is 0 Å². The molecule has 4 nitrogen and oxygen atoms in total. The second-order valence-corrected chi connectivity index (χ2v) is 4.88. The van der Waals surface area contributed by atoms with Crippen LogP contribution in [0.15, 0.2) is 16.8 Å². The lowest BCUT2D eigenvalue weighted by molar-refractivity contribution is 0.189. The number of nitrogens with one attached hydrogen (secondary N) is 1. The van der Waals surface area contributed by atoms with Crippen molar-refractivity contribution in [2.75, 3.05) is 19.6 Å². The van der Waals surface area contributed by atoms with Crippen LogP contribution in [0.25, 0.3) is 0 Å². The molecule has 0 radical (unpaired) electrons. The molecule has 0 aliphatic carbocycles. The average Bonchev–Trinajstić information content (AvgIpc) is 2.69. The van der Waals surface area contributed by atoms with Crippen LogP contribution in [0.4, 0.5) is 0 Å². The SMILES string of the molecule is CCC1(C)CN(Cc2ccno2)CCCN1. The summed E-state index contributed by atoms with van der Waals surface area (Å²) in [5.41, 5.74) is 0.233. The van der Waals surface area contributed by atoms with Gasteiger partial charge in [0.1, 0.15) is 0 Å². The zero-order valence-corrected chi connectivity index (χ0v) is 10.2. The molecular formula is C12H21N3O. The molecular weight excluding hydrogens is 202 g/mol. The maximum atomic E-state index is 5.17. The molecule has 0 amide bonds. The molecule has 0 saturated carbocycles. The lowest BCUT2D eigenvalue weighted by Gasteiger charge is -2.32. The Bertz CT molecular complexity index is 312. The maximum absolute atomic E-state index is 5.17. The molecule has 0 spiro atoms. The summed E-state index contributed by atoms with van der Waals surface area (Å²) in [6, 6.07) is 1.95. The van der Waals surface area contributed by atoms with Gasteiger partial charge in [-0.15, -0.1) is 0 Å². The van der Waals surface area contributed by atoms with E-state index in [1.807, 2.05) is 6.07 Å². The van der Waals surface area contributed by atoms with Gasteiger partial charge in [-0.3, -0.25) is 4.90 Å². The van der Waals surface area contributed by atoms with E-state index in [4.69, 9.17) is 4.52 Å². The molecule has 1 N–H and O–H groups in total. The zero-order chi connectivity index (χ0) is 11.4. The van der Waals surface area contributed by atoms with Gasteiger partial charge in [0.2, 0.25) is 0 Å². The fourth-order valence-corrected chi connectivity index (χ4v) is 2.24. The van der Waals surface area contributed by atoms with Crippen LogP contribution in [-0.4, -0.2) is 35.2 Å². The number of aromatic nitrogens is 1. The fraction of sp³-hybridized carbons (Fsp3) is 0.750. The van der Waals surface area contributed by atoms with Crippen molar-refractivity contribution in [3.8, 4) is 0 Å². The van der Waals surface area contributed by atoms with Crippen LogP contribution < -0.4 is 5.32 Å². The Morgan fingerprint density at radius 1 is 1.62 bits per heavy atom. The molecule has 1 aliphatic rings. The summed E-state index contributed by atoms with van der Waals surface area (Å²) in [7, 11) is 0. The summed E-state index contributed by atoms with van der Waals surface area (Å²) in [6.45, 7) is 8.72. The lowest BCUT2D eigenvalue weighted by atomic mass is 9.98. The predicted molar refractivity (Wildman–Crippen MR) is 63.1 cm³/mol. The van der Waals surface area contributed by atoms with Crippen molar-refractivity contribution in [1.29, 1.82) is 0 Å². The van der Waals surface area contributed by atoms with E-state index in [9.17, 15) is 0 Å². The quantitative estimate of drug-likeness (QED) is 0.845. The Kier molecular flexibility index (Phi) is 3.61. The zero-order valence-electron chi connectivity index (χ0n) is 10.2. The normalized spacial score (nSPS) is 27.9. The molecule has 1 aromatic rings. The molecule has 4 heteroatoms. The molecule has 1 fully saturated rings. The van der Waals surface area contributed by atoms with Crippen molar-refractivity contribution in [1.82, 2.24) is 15.4 Å². The van der Waals surface area contributed by atoms with Gasteiger partial charge in [-0.2, -0.15) is 0 Å². The van der Waals surface area contributed by atoms with Crippen LogP contribution in [0.3, 0.4) is 0 Å². The number of hydrogen-bond donors (Lipinski definition) is 1. The van der Waals surface area contributed by atoms with E-state index in [0.29, 0.717) is 0 Å². The van der Waals surface area contributed by atoms with Gasteiger partial charge in [-0.1, -0.05) is 12.1 Å². The highest BCUT2D eigenvalue weighted by molar-refractivity contribution is 4.95. The first-order valence-electron chi connectivity index (χ1n) is 6.09. The standard InChI is InChI=1S/C12H21N3O/c1-3-12(2)10-15(8-4-6-13-12)9-11-5-7-14-16-11/h5,7,13H,3-4,6,8-10H2,1-2H3. The van der Waals surface area contributed by atoms with E-state index < -0.39 is 0 Å². The van der Waals surface area contributed by atoms with Crippen molar-refractivity contribution >= 4 is 0 Å². The molecule has 1 saturated heterocycles. The summed E-state index contributed by atoms with van der Waals surface area (Å²) in [6.07, 6.45) is 4.06. The number of hydrogen-bond acceptors (Lipinski definition) is 4. The van der Waals surface area contributed by atoms with Crippen LogP contribution in [-0.2, 0) is 6.54 Å². The Labute approximate surface area is 97.0 Å². The molecule has 2 heterocycles. The molecule has 2 rings (SSSR count). The molecule has 90 valence electrons. The van der Waals surface area contributed by atoms with Gasteiger partial charge in [0.05, 0.1) is 12.7 Å². The van der Waals surface area contributed by atoms with Crippen LogP contribution in [0, 0.1) is 0 Å². The minimum Gasteiger partial charge on any atom is -0.360 e. The third-order valence-corrected chi connectivity index (χ3v) is 3.43. The first-order chi connectivity index (χ1) is 7.72. The van der Waals surface area contributed by atoms with E-state index in [2.05, 4.69) is 29.2 Å². The van der Waals surface area contributed by atoms with Gasteiger partial charge in [-0.05, 0) is 32.9 Å². The second-order valence-electron chi connectivity index (χ2n) is 4.88. The highest BCUT2D eigenvalue weighted by Crippen LogP contribution is 2.16. The first kappa shape index (κ1) is 11.6. The van der Waals surface area contributed by atoms with Crippen LogP contribution >= 0.6 is 0 Å². The second kappa shape index (κ2) is 4.97. The van der Waals surface area contributed by atoms with Crippen LogP contribution in [0.5, 0.6) is 0 Å². The Hall–Kier alpha value is -0.870. The van der Waals surface area contributed by atoms with Gasteiger partial charge >= 0.3 is 0 Å². The third-order valence-electron chi connectivity index (χ3n) is 3.43. The molecule has 1 unspecified atom stereocenters. The highest BCUT2D eigenvalue weighted by atomic mass is 16.5. The molecule has 16 heavy (non-hydrogen) atoms. The molecule has 1 aliphatic heterocycles. The van der Waals surface area contributed by atoms with Crippen molar-refractivity contribution in [3.05, 3.63) is 18.0 Å². The van der Waals surface area contributed by atoms with E-state index in [0.717, 1.165) is 38.4 Å². The third kappa shape index (κ3) is 2.83. The topological polar surface area (TPSA) is 41.3 Å². The van der Waals surface area contributed by atoms with Gasteiger partial charge in [-0.25, -0.2) is 0 Å². The van der Waals surface area contributed by atoms with Gasteiger partial charge < -0.3 is 9.84 Å². The van der Waals surface area contributed by atoms with Crippen LogP contribution in [0.1, 0.15) is 32.4 Å². The molecule has 0 aromatic carbocycles. The van der Waals surface area contributed by atoms with Gasteiger partial charge in [0.25, 0.3) is 0 Å². The van der Waals surface area contributed by atoms with E-state index in [1.165, 1.54) is 6.42 Å². The summed E-state index contributed by atoms with van der Waals surface area (Å²) < 4.78 is 5.17. The van der Waals surface area contributed by atoms with Crippen molar-refractivity contribution < 1.29 is 4.52 Å². The maximum Gasteiger partial charge on any atom is 0.150 e. The largest absolute Gasteiger partial charge is 0.360 e. The first-order valence-corrected chi connectivity index (χ1v) is 6.09. The minimum atomic E-state index is 0.233. The molecule has 1 aromatic heterocycles. The Morgan fingerprint density at radius 2 is 2.50 bits per heavy atom. The van der Waals surface area contributed by atoms with E-state index in [-0.39, 0.29) is 5.54 Å². The van der Waals surface area contributed by atoms with Gasteiger partial charge in [0, 0.05) is 18.2 Å². The van der Waals surface area contributed by atoms with Crippen LogP contribution in [0.2, 0.25) is 0 Å². The van der Waals surface area contributed by atoms with Crippen molar-refractivity contribution in [2.45, 2.75) is 38.8 Å².